The van der Waals surface area contributed by atoms with E-state index in [4.69, 9.17) is 11.6 Å². The van der Waals surface area contributed by atoms with E-state index in [2.05, 4.69) is 13.8 Å². The van der Waals surface area contributed by atoms with Crippen LogP contribution in [0.25, 0.3) is 0 Å². The molecule has 3 nitrogen and oxygen atoms in total. The minimum absolute atomic E-state index is 0.0538. The lowest BCUT2D eigenvalue weighted by atomic mass is 9.88. The number of alkyl halides is 1. The molecular weight excluding hydrogens is 314 g/mol. The summed E-state index contributed by atoms with van der Waals surface area (Å²) >= 11 is 7.16. The fourth-order valence-electron chi connectivity index (χ4n) is 2.84. The van der Waals surface area contributed by atoms with Gasteiger partial charge in [0.25, 0.3) is 10.0 Å². The summed E-state index contributed by atoms with van der Waals surface area (Å²) in [6, 6.07) is 1.81. The van der Waals surface area contributed by atoms with Crippen LogP contribution < -0.4 is 0 Å². The molecule has 1 aliphatic rings. The molecule has 0 N–H and O–H groups in total. The van der Waals surface area contributed by atoms with Gasteiger partial charge in [-0.15, -0.1) is 22.9 Å². The first kappa shape index (κ1) is 16.3. The van der Waals surface area contributed by atoms with E-state index in [9.17, 15) is 8.42 Å². The number of nitrogens with zero attached hydrogens (tertiary/aromatic N) is 1. The van der Waals surface area contributed by atoms with E-state index in [1.54, 1.807) is 10.4 Å². The van der Waals surface area contributed by atoms with Gasteiger partial charge in [-0.3, -0.25) is 0 Å². The van der Waals surface area contributed by atoms with Crippen molar-refractivity contribution in [2.75, 3.05) is 6.54 Å². The normalized spacial score (nSPS) is 28.8. The fourth-order valence-corrected chi connectivity index (χ4v) is 6.64. The molecule has 0 amide bonds. The van der Waals surface area contributed by atoms with Crippen molar-refractivity contribution < 1.29 is 8.42 Å². The second kappa shape index (κ2) is 5.95. The summed E-state index contributed by atoms with van der Waals surface area (Å²) in [5.74, 6) is 1.17. The lowest BCUT2D eigenvalue weighted by Gasteiger charge is -2.39. The summed E-state index contributed by atoms with van der Waals surface area (Å²) in [4.78, 5) is 0.941. The van der Waals surface area contributed by atoms with Gasteiger partial charge in [0.1, 0.15) is 4.21 Å². The Morgan fingerprint density at radius 3 is 2.60 bits per heavy atom. The van der Waals surface area contributed by atoms with Crippen LogP contribution in [0.4, 0.5) is 0 Å². The molecule has 0 bridgehead atoms. The number of hydrogen-bond acceptors (Lipinski definition) is 3. The van der Waals surface area contributed by atoms with Crippen LogP contribution in [-0.4, -0.2) is 25.3 Å². The molecule has 1 aliphatic heterocycles. The number of sulfonamides is 1. The fraction of sp³-hybridized carbons (Fsp3) is 0.714. The van der Waals surface area contributed by atoms with Gasteiger partial charge in [-0.1, -0.05) is 13.8 Å². The van der Waals surface area contributed by atoms with E-state index in [1.807, 2.05) is 13.8 Å². The van der Waals surface area contributed by atoms with E-state index in [-0.39, 0.29) is 6.04 Å². The maximum absolute atomic E-state index is 12.9. The number of piperidine rings is 1. The van der Waals surface area contributed by atoms with Crippen LogP contribution in [0.5, 0.6) is 0 Å². The third kappa shape index (κ3) is 2.91. The van der Waals surface area contributed by atoms with Gasteiger partial charge in [0.15, 0.2) is 0 Å². The van der Waals surface area contributed by atoms with E-state index in [1.165, 1.54) is 11.3 Å². The van der Waals surface area contributed by atoms with Crippen molar-refractivity contribution in [3.8, 4) is 0 Å². The van der Waals surface area contributed by atoms with E-state index in [0.717, 1.165) is 16.9 Å². The molecule has 1 fully saturated rings. The van der Waals surface area contributed by atoms with Gasteiger partial charge in [0.2, 0.25) is 0 Å². The summed E-state index contributed by atoms with van der Waals surface area (Å²) < 4.78 is 27.8. The molecular formula is C14H22ClNO2S2. The van der Waals surface area contributed by atoms with Crippen LogP contribution in [0.3, 0.4) is 0 Å². The topological polar surface area (TPSA) is 37.4 Å². The molecule has 0 aromatic carbocycles. The first-order valence-electron chi connectivity index (χ1n) is 6.94. The molecule has 0 saturated carbocycles. The van der Waals surface area contributed by atoms with Crippen molar-refractivity contribution in [3.05, 3.63) is 16.5 Å². The quantitative estimate of drug-likeness (QED) is 0.787. The van der Waals surface area contributed by atoms with Crippen LogP contribution in [0, 0.1) is 18.8 Å². The van der Waals surface area contributed by atoms with Crippen molar-refractivity contribution in [1.29, 1.82) is 0 Å². The number of rotatable bonds is 3. The highest BCUT2D eigenvalue weighted by molar-refractivity contribution is 7.91. The molecule has 1 aromatic rings. The third-order valence-corrected chi connectivity index (χ3v) is 8.29. The second-order valence-corrected chi connectivity index (χ2v) is 9.46. The van der Waals surface area contributed by atoms with Gasteiger partial charge in [-0.05, 0) is 43.7 Å². The molecule has 2 heterocycles. The van der Waals surface area contributed by atoms with Crippen molar-refractivity contribution in [2.24, 2.45) is 11.8 Å². The molecule has 20 heavy (non-hydrogen) atoms. The molecule has 114 valence electrons. The highest BCUT2D eigenvalue weighted by atomic mass is 35.5. The molecule has 2 rings (SSSR count). The Morgan fingerprint density at radius 1 is 1.40 bits per heavy atom. The number of hydrogen-bond donors (Lipinski definition) is 0. The summed E-state index contributed by atoms with van der Waals surface area (Å²) in [7, 11) is -3.40. The Labute approximate surface area is 131 Å². The predicted octanol–water partition coefficient (Wildman–Crippen LogP) is 3.85. The second-order valence-electron chi connectivity index (χ2n) is 5.94. The van der Waals surface area contributed by atoms with Gasteiger partial charge < -0.3 is 0 Å². The molecule has 1 aromatic heterocycles. The van der Waals surface area contributed by atoms with E-state index >= 15 is 0 Å². The molecule has 6 heteroatoms. The summed E-state index contributed by atoms with van der Waals surface area (Å²) in [5, 5.41) is 0. The zero-order valence-electron chi connectivity index (χ0n) is 12.4. The summed E-state index contributed by atoms with van der Waals surface area (Å²) in [6.45, 7) is 8.79. The Bertz CT molecular complexity index is 582. The van der Waals surface area contributed by atoms with Crippen molar-refractivity contribution >= 4 is 33.0 Å². The smallest absolute Gasteiger partial charge is 0.206 e. The minimum atomic E-state index is -3.40. The third-order valence-electron chi connectivity index (χ3n) is 4.23. The average Bonchev–Trinajstić information content (AvgIpc) is 2.75. The first-order valence-corrected chi connectivity index (χ1v) is 9.73. The SMILES string of the molecule is Cc1cc(S(=O)(=O)N2CC(C)CC(C)C2C)sc1CCl. The van der Waals surface area contributed by atoms with Crippen LogP contribution in [0.15, 0.2) is 10.3 Å². The van der Waals surface area contributed by atoms with Crippen LogP contribution in [0.1, 0.15) is 37.6 Å². The Kier molecular flexibility index (Phi) is 4.84. The van der Waals surface area contributed by atoms with Gasteiger partial charge in [0, 0.05) is 17.5 Å². The summed E-state index contributed by atoms with van der Waals surface area (Å²) in [6.07, 6.45) is 1.09. The van der Waals surface area contributed by atoms with Crippen molar-refractivity contribution in [2.45, 2.75) is 50.2 Å². The van der Waals surface area contributed by atoms with Gasteiger partial charge in [0.05, 0.1) is 5.88 Å². The standard InChI is InChI=1S/C14H22ClNO2S2/c1-9-5-10(2)12(4)16(8-9)20(17,18)14-6-11(3)13(7-15)19-14/h6,9-10,12H,5,7-8H2,1-4H3. The van der Waals surface area contributed by atoms with Crippen molar-refractivity contribution in [3.63, 3.8) is 0 Å². The molecule has 0 aliphatic carbocycles. The zero-order chi connectivity index (χ0) is 15.1. The molecule has 3 unspecified atom stereocenters. The molecule has 3 atom stereocenters. The maximum atomic E-state index is 12.9. The number of aryl methyl sites for hydroxylation is 1. The van der Waals surface area contributed by atoms with Gasteiger partial charge >= 0.3 is 0 Å². The first-order chi connectivity index (χ1) is 9.27. The maximum Gasteiger partial charge on any atom is 0.252 e. The zero-order valence-corrected chi connectivity index (χ0v) is 14.8. The number of halogens is 1. The van der Waals surface area contributed by atoms with Crippen LogP contribution >= 0.6 is 22.9 Å². The van der Waals surface area contributed by atoms with E-state index in [0.29, 0.717) is 28.5 Å². The lowest BCUT2D eigenvalue weighted by molar-refractivity contribution is 0.157. The average molecular weight is 336 g/mol. The largest absolute Gasteiger partial charge is 0.252 e. The summed E-state index contributed by atoms with van der Waals surface area (Å²) in [5.41, 5.74) is 0.967. The van der Waals surface area contributed by atoms with Crippen LogP contribution in [0.2, 0.25) is 0 Å². The number of thiophene rings is 1. The highest BCUT2D eigenvalue weighted by Gasteiger charge is 2.38. The molecule has 0 radical (unpaired) electrons. The van der Waals surface area contributed by atoms with Gasteiger partial charge in [-0.2, -0.15) is 4.31 Å². The Balaban J connectivity index is 2.37. The van der Waals surface area contributed by atoms with E-state index < -0.39 is 10.0 Å². The lowest BCUT2D eigenvalue weighted by Crippen LogP contribution is -2.48. The van der Waals surface area contributed by atoms with Crippen LogP contribution in [-0.2, 0) is 15.9 Å². The minimum Gasteiger partial charge on any atom is -0.206 e. The van der Waals surface area contributed by atoms with Crippen molar-refractivity contribution in [1.82, 2.24) is 4.31 Å². The molecule has 1 saturated heterocycles. The predicted molar refractivity (Wildman–Crippen MR) is 84.9 cm³/mol. The van der Waals surface area contributed by atoms with Gasteiger partial charge in [-0.25, -0.2) is 8.42 Å². The highest BCUT2D eigenvalue weighted by Crippen LogP contribution is 2.35. The Morgan fingerprint density at radius 2 is 2.05 bits per heavy atom. The monoisotopic (exact) mass is 335 g/mol. The Hall–Kier alpha value is -0.100. The molecule has 0 spiro atoms.